The lowest BCUT2D eigenvalue weighted by Crippen LogP contribution is -2.35. The molecule has 29 heavy (non-hydrogen) atoms. The molecule has 0 radical (unpaired) electrons. The lowest BCUT2D eigenvalue weighted by Gasteiger charge is -2.25. The molecule has 2 unspecified atom stereocenters. The van der Waals surface area contributed by atoms with E-state index in [0.29, 0.717) is 31.5 Å². The molecule has 9 heteroatoms. The van der Waals surface area contributed by atoms with Gasteiger partial charge in [-0.3, -0.25) is 4.79 Å². The maximum atomic E-state index is 13.2. The molecule has 1 aliphatic heterocycles. The van der Waals surface area contributed by atoms with Crippen LogP contribution in [0.15, 0.2) is 24.3 Å². The van der Waals surface area contributed by atoms with Gasteiger partial charge in [0.15, 0.2) is 9.84 Å². The molecule has 0 N–H and O–H groups in total. The largest absolute Gasteiger partial charge is 0.469 e. The second kappa shape index (κ2) is 8.69. The Morgan fingerprint density at radius 1 is 1.10 bits per heavy atom. The summed E-state index contributed by atoms with van der Waals surface area (Å²) in [5, 5.41) is -0.864. The standard InChI is InChI=1S/C20H26FNO6S/c1-27-19(23)9-18(29(25,26)12-13-3-5-17(21)6-4-13)14-7-15-10-22(20(24)28-2)11-16(15)8-14/h3-6,14-16,18H,7-12H2,1-2H3/t14?,15-,16+,18?. The van der Waals surface area contributed by atoms with Crippen molar-refractivity contribution >= 4 is 21.9 Å². The zero-order valence-electron chi connectivity index (χ0n) is 16.5. The third kappa shape index (κ3) is 4.88. The maximum absolute atomic E-state index is 13.2. The SMILES string of the molecule is COC(=O)CC(C1C[C@@H]2CN(C(=O)OC)C[C@@H]2C1)S(=O)(=O)Cc1ccc(F)cc1. The van der Waals surface area contributed by atoms with Crippen molar-refractivity contribution in [2.24, 2.45) is 17.8 Å². The summed E-state index contributed by atoms with van der Waals surface area (Å²) in [4.78, 5) is 25.3. The van der Waals surface area contributed by atoms with Gasteiger partial charge in [0.1, 0.15) is 5.82 Å². The molecule has 1 aromatic rings. The van der Waals surface area contributed by atoms with E-state index in [1.165, 1.54) is 38.5 Å². The molecule has 1 amide bonds. The molecule has 1 heterocycles. The summed E-state index contributed by atoms with van der Waals surface area (Å²) in [6.45, 7) is 1.08. The monoisotopic (exact) mass is 427 g/mol. The number of amides is 1. The minimum Gasteiger partial charge on any atom is -0.469 e. The van der Waals surface area contributed by atoms with Crippen LogP contribution in [0, 0.1) is 23.6 Å². The van der Waals surface area contributed by atoms with Gasteiger partial charge in [0.05, 0.1) is 31.6 Å². The zero-order chi connectivity index (χ0) is 21.2. The average molecular weight is 427 g/mol. The molecular formula is C20H26FNO6S. The molecule has 1 saturated heterocycles. The minimum absolute atomic E-state index is 0.186. The molecule has 2 fully saturated rings. The van der Waals surface area contributed by atoms with E-state index in [0.717, 1.165) is 0 Å². The second-order valence-corrected chi connectivity index (χ2v) is 10.1. The van der Waals surface area contributed by atoms with E-state index >= 15 is 0 Å². The number of rotatable bonds is 6. The first-order valence-electron chi connectivity index (χ1n) is 9.59. The van der Waals surface area contributed by atoms with Crippen LogP contribution in [0.4, 0.5) is 9.18 Å². The number of esters is 1. The highest BCUT2D eigenvalue weighted by molar-refractivity contribution is 7.91. The molecule has 2 aliphatic rings. The number of benzene rings is 1. The van der Waals surface area contributed by atoms with Crippen LogP contribution in [0.2, 0.25) is 0 Å². The number of carbonyl (C=O) groups is 2. The van der Waals surface area contributed by atoms with Gasteiger partial charge in [-0.1, -0.05) is 12.1 Å². The number of halogens is 1. The predicted octanol–water partition coefficient (Wildman–Crippen LogP) is 2.40. The Kier molecular flexibility index (Phi) is 6.45. The normalized spacial score (nSPS) is 24.8. The molecule has 1 saturated carbocycles. The maximum Gasteiger partial charge on any atom is 0.409 e. The molecule has 160 valence electrons. The van der Waals surface area contributed by atoms with Crippen LogP contribution in [0.25, 0.3) is 0 Å². The van der Waals surface area contributed by atoms with Gasteiger partial charge in [-0.15, -0.1) is 0 Å². The van der Waals surface area contributed by atoms with Crippen molar-refractivity contribution in [1.29, 1.82) is 0 Å². The van der Waals surface area contributed by atoms with Crippen LogP contribution in [0.3, 0.4) is 0 Å². The first kappa shape index (κ1) is 21.5. The van der Waals surface area contributed by atoms with Crippen molar-refractivity contribution in [2.45, 2.75) is 30.3 Å². The molecule has 3 rings (SSSR count). The molecular weight excluding hydrogens is 401 g/mol. The Bertz CT molecular complexity index is 842. The summed E-state index contributed by atoms with van der Waals surface area (Å²) in [6.07, 6.45) is 0.682. The molecule has 0 spiro atoms. The highest BCUT2D eigenvalue weighted by atomic mass is 32.2. The van der Waals surface area contributed by atoms with Crippen LogP contribution < -0.4 is 0 Å². The number of sulfone groups is 1. The number of fused-ring (bicyclic) bond motifs is 1. The Morgan fingerprint density at radius 2 is 1.69 bits per heavy atom. The summed E-state index contributed by atoms with van der Waals surface area (Å²) in [5.74, 6) is -1.05. The average Bonchev–Trinajstić information content (AvgIpc) is 3.25. The lowest BCUT2D eigenvalue weighted by molar-refractivity contribution is -0.140. The Morgan fingerprint density at radius 3 is 2.21 bits per heavy atom. The Labute approximate surface area is 170 Å². The van der Waals surface area contributed by atoms with Crippen LogP contribution in [0.5, 0.6) is 0 Å². The molecule has 7 nitrogen and oxygen atoms in total. The number of nitrogens with zero attached hydrogens (tertiary/aromatic N) is 1. The third-order valence-corrected chi connectivity index (χ3v) is 8.29. The summed E-state index contributed by atoms with van der Waals surface area (Å²) in [7, 11) is -1.09. The van der Waals surface area contributed by atoms with Crippen molar-refractivity contribution in [3.63, 3.8) is 0 Å². The first-order valence-corrected chi connectivity index (χ1v) is 11.3. The highest BCUT2D eigenvalue weighted by Gasteiger charge is 2.48. The molecule has 0 aromatic heterocycles. The van der Waals surface area contributed by atoms with E-state index in [1.54, 1.807) is 4.90 Å². The summed E-state index contributed by atoms with van der Waals surface area (Å²) in [6, 6.07) is 5.34. The molecule has 1 aromatic carbocycles. The van der Waals surface area contributed by atoms with Crippen LogP contribution in [-0.4, -0.2) is 57.9 Å². The fraction of sp³-hybridized carbons (Fsp3) is 0.600. The van der Waals surface area contributed by atoms with Crippen LogP contribution in [0.1, 0.15) is 24.8 Å². The van der Waals surface area contributed by atoms with E-state index in [9.17, 15) is 22.4 Å². The van der Waals surface area contributed by atoms with Crippen molar-refractivity contribution < 1.29 is 31.9 Å². The number of hydrogen-bond acceptors (Lipinski definition) is 6. The first-order chi connectivity index (χ1) is 13.7. The van der Waals surface area contributed by atoms with Gasteiger partial charge in [0, 0.05) is 13.1 Å². The molecule has 4 atom stereocenters. The number of hydrogen-bond donors (Lipinski definition) is 0. The van der Waals surface area contributed by atoms with E-state index in [1.807, 2.05) is 0 Å². The summed E-state index contributed by atoms with van der Waals surface area (Å²) in [5.41, 5.74) is 0.483. The van der Waals surface area contributed by atoms with Crippen molar-refractivity contribution in [1.82, 2.24) is 4.90 Å². The van der Waals surface area contributed by atoms with Gasteiger partial charge in [-0.2, -0.15) is 0 Å². The quantitative estimate of drug-likeness (QED) is 0.648. The van der Waals surface area contributed by atoms with Crippen molar-refractivity contribution in [3.8, 4) is 0 Å². The van der Waals surface area contributed by atoms with Gasteiger partial charge in [0.25, 0.3) is 0 Å². The number of carbonyl (C=O) groups excluding carboxylic acids is 2. The van der Waals surface area contributed by atoms with Crippen LogP contribution in [-0.2, 0) is 29.9 Å². The summed E-state index contributed by atoms with van der Waals surface area (Å²) < 4.78 is 49.0. The van der Waals surface area contributed by atoms with E-state index in [2.05, 4.69) is 0 Å². The topological polar surface area (TPSA) is 90.0 Å². The predicted molar refractivity (Wildman–Crippen MR) is 103 cm³/mol. The van der Waals surface area contributed by atoms with Gasteiger partial charge in [-0.05, 0) is 48.3 Å². The van der Waals surface area contributed by atoms with Gasteiger partial charge < -0.3 is 14.4 Å². The van der Waals surface area contributed by atoms with Crippen molar-refractivity contribution in [3.05, 3.63) is 35.6 Å². The van der Waals surface area contributed by atoms with E-state index < -0.39 is 26.9 Å². The van der Waals surface area contributed by atoms with E-state index in [4.69, 9.17) is 9.47 Å². The van der Waals surface area contributed by atoms with Crippen molar-refractivity contribution in [2.75, 3.05) is 27.3 Å². The minimum atomic E-state index is -3.67. The Hall–Kier alpha value is -2.16. The van der Waals surface area contributed by atoms with Gasteiger partial charge in [-0.25, -0.2) is 17.6 Å². The fourth-order valence-corrected chi connectivity index (χ4v) is 6.75. The van der Waals surface area contributed by atoms with Gasteiger partial charge >= 0.3 is 12.1 Å². The Balaban J connectivity index is 1.75. The lowest BCUT2D eigenvalue weighted by atomic mass is 9.99. The number of likely N-dealkylation sites (tertiary alicyclic amines) is 1. The number of methoxy groups -OCH3 is 2. The fourth-order valence-electron chi connectivity index (χ4n) is 4.68. The smallest absolute Gasteiger partial charge is 0.409 e. The number of ether oxygens (including phenoxy) is 2. The molecule has 1 aliphatic carbocycles. The van der Waals surface area contributed by atoms with Crippen LogP contribution >= 0.6 is 0 Å². The van der Waals surface area contributed by atoms with E-state index in [-0.39, 0.29) is 36.0 Å². The molecule has 0 bridgehead atoms. The zero-order valence-corrected chi connectivity index (χ0v) is 17.4. The highest BCUT2D eigenvalue weighted by Crippen LogP contribution is 2.45. The second-order valence-electron chi connectivity index (χ2n) is 7.88. The summed E-state index contributed by atoms with van der Waals surface area (Å²) >= 11 is 0. The van der Waals surface area contributed by atoms with Gasteiger partial charge in [0.2, 0.25) is 0 Å². The third-order valence-electron chi connectivity index (χ3n) is 6.08.